The van der Waals surface area contributed by atoms with E-state index in [0.29, 0.717) is 6.42 Å². The Labute approximate surface area is 243 Å². The van der Waals surface area contributed by atoms with Gasteiger partial charge < -0.3 is 9.47 Å². The maximum Gasteiger partial charge on any atom is 0.306 e. The van der Waals surface area contributed by atoms with Crippen LogP contribution in [0.5, 0.6) is 5.75 Å². The zero-order valence-electron chi connectivity index (χ0n) is 25.1. The first-order valence-electron chi connectivity index (χ1n) is 15.7. The lowest BCUT2D eigenvalue weighted by Crippen LogP contribution is -2.07. The van der Waals surface area contributed by atoms with Crippen molar-refractivity contribution in [2.24, 2.45) is 0 Å². The molecule has 0 spiro atoms. The van der Waals surface area contributed by atoms with Gasteiger partial charge in [0.05, 0.1) is 6.61 Å². The van der Waals surface area contributed by atoms with Gasteiger partial charge >= 0.3 is 5.97 Å². The van der Waals surface area contributed by atoms with Gasteiger partial charge in [0.1, 0.15) is 11.9 Å². The maximum absolute atomic E-state index is 11.6. The van der Waals surface area contributed by atoms with E-state index in [1.807, 2.05) is 26.0 Å². The van der Waals surface area contributed by atoms with Crippen LogP contribution < -0.4 is 4.74 Å². The number of carbonyl (C=O) groups excluding carboxylic acids is 1. The Hall–Kier alpha value is -3.07. The molecule has 0 aromatic heterocycles. The molecule has 3 aromatic rings. The zero-order valence-corrected chi connectivity index (χ0v) is 25.1. The summed E-state index contributed by atoms with van der Waals surface area (Å²) in [5.74, 6) is 0.757. The van der Waals surface area contributed by atoms with E-state index in [2.05, 4.69) is 67.6 Å². The van der Waals surface area contributed by atoms with Crippen LogP contribution in [0.25, 0.3) is 22.3 Å². The van der Waals surface area contributed by atoms with Crippen LogP contribution in [0.4, 0.5) is 0 Å². The minimum absolute atomic E-state index is 0.177. The van der Waals surface area contributed by atoms with E-state index in [1.165, 1.54) is 87.3 Å². The van der Waals surface area contributed by atoms with Crippen LogP contribution >= 0.6 is 0 Å². The summed E-state index contributed by atoms with van der Waals surface area (Å²) < 4.78 is 11.5. The van der Waals surface area contributed by atoms with Gasteiger partial charge in [-0.1, -0.05) is 145 Å². The first-order chi connectivity index (χ1) is 19.6. The number of benzene rings is 3. The van der Waals surface area contributed by atoms with Gasteiger partial charge in [0.15, 0.2) is 0 Å². The molecule has 0 radical (unpaired) electrons. The van der Waals surface area contributed by atoms with Gasteiger partial charge in [-0.05, 0) is 53.3 Å². The zero-order chi connectivity index (χ0) is 28.4. The van der Waals surface area contributed by atoms with Crippen molar-refractivity contribution in [3.8, 4) is 28.0 Å². The Morgan fingerprint density at radius 3 is 1.60 bits per heavy atom. The number of unbranched alkanes of at least 4 members (excludes halogenated alkanes) is 11. The lowest BCUT2D eigenvalue weighted by molar-refractivity contribution is -0.148. The molecule has 0 N–H and O–H groups in total. The molecule has 3 aromatic carbocycles. The van der Waals surface area contributed by atoms with Crippen LogP contribution in [0.3, 0.4) is 0 Å². The number of hydrogen-bond acceptors (Lipinski definition) is 3. The molecule has 0 aliphatic rings. The monoisotopic (exact) mass is 542 g/mol. The van der Waals surface area contributed by atoms with Crippen LogP contribution in [0, 0.1) is 0 Å². The molecule has 0 bridgehead atoms. The van der Waals surface area contributed by atoms with E-state index in [4.69, 9.17) is 9.47 Å². The summed E-state index contributed by atoms with van der Waals surface area (Å²) in [5, 5.41) is 0. The summed E-state index contributed by atoms with van der Waals surface area (Å²) in [5.41, 5.74) is 5.67. The molecule has 0 aliphatic heterocycles. The topological polar surface area (TPSA) is 35.5 Å². The second-order valence-corrected chi connectivity index (χ2v) is 10.9. The minimum atomic E-state index is -0.251. The van der Waals surface area contributed by atoms with Gasteiger partial charge in [0, 0.05) is 6.42 Å². The molecular formula is C37H50O3. The highest BCUT2D eigenvalue weighted by atomic mass is 16.5. The fourth-order valence-electron chi connectivity index (χ4n) is 5.13. The van der Waals surface area contributed by atoms with E-state index in [1.54, 1.807) is 0 Å². The van der Waals surface area contributed by atoms with E-state index < -0.39 is 0 Å². The molecule has 3 rings (SSSR count). The summed E-state index contributed by atoms with van der Waals surface area (Å²) >= 11 is 0. The Morgan fingerprint density at radius 1 is 0.625 bits per heavy atom. The van der Waals surface area contributed by atoms with Crippen LogP contribution in [-0.2, 0) is 9.53 Å². The largest absolute Gasteiger partial charge is 0.494 e. The quantitative estimate of drug-likeness (QED) is 0.112. The Kier molecular flexibility index (Phi) is 14.4. The number of esters is 1. The van der Waals surface area contributed by atoms with Crippen LogP contribution in [0.15, 0.2) is 72.8 Å². The normalized spacial score (nSPS) is 11.8. The highest BCUT2D eigenvalue weighted by Crippen LogP contribution is 2.33. The summed E-state index contributed by atoms with van der Waals surface area (Å²) in [7, 11) is 0. The third-order valence-corrected chi connectivity index (χ3v) is 7.65. The van der Waals surface area contributed by atoms with Gasteiger partial charge in [-0.3, -0.25) is 4.79 Å². The molecular weight excluding hydrogens is 492 g/mol. The molecule has 216 valence electrons. The molecule has 0 heterocycles. The molecule has 1 atom stereocenters. The molecule has 0 saturated carbocycles. The van der Waals surface area contributed by atoms with Gasteiger partial charge in [0.25, 0.3) is 0 Å². The van der Waals surface area contributed by atoms with Crippen LogP contribution in [0.2, 0.25) is 0 Å². The summed E-state index contributed by atoms with van der Waals surface area (Å²) in [6, 6.07) is 25.3. The second-order valence-electron chi connectivity index (χ2n) is 10.9. The fraction of sp³-hybridized carbons (Fsp3) is 0.486. The SMILES string of the molecule is CCCCCCCCCCCCCCOc1ccc(-c2ccccc2-c2ccc(C(C)OC(=O)CC)cc2)cc1. The van der Waals surface area contributed by atoms with Gasteiger partial charge in [-0.25, -0.2) is 0 Å². The third-order valence-electron chi connectivity index (χ3n) is 7.65. The number of carbonyl (C=O) groups is 1. The first kappa shape index (κ1) is 31.5. The highest BCUT2D eigenvalue weighted by molar-refractivity contribution is 5.83. The van der Waals surface area contributed by atoms with E-state index in [9.17, 15) is 4.79 Å². The number of ether oxygens (including phenoxy) is 2. The van der Waals surface area contributed by atoms with Crippen molar-refractivity contribution in [3.63, 3.8) is 0 Å². The Bertz CT molecular complexity index is 1100. The van der Waals surface area contributed by atoms with Crippen molar-refractivity contribution < 1.29 is 14.3 Å². The van der Waals surface area contributed by atoms with Gasteiger partial charge in [-0.2, -0.15) is 0 Å². The summed E-state index contributed by atoms with van der Waals surface area (Å²) in [6.07, 6.45) is 16.4. The highest BCUT2D eigenvalue weighted by Gasteiger charge is 2.12. The lowest BCUT2D eigenvalue weighted by atomic mass is 9.94. The minimum Gasteiger partial charge on any atom is -0.494 e. The second kappa shape index (κ2) is 18.3. The molecule has 3 heteroatoms. The molecule has 40 heavy (non-hydrogen) atoms. The van der Waals surface area contributed by atoms with E-state index in [-0.39, 0.29) is 12.1 Å². The molecule has 0 aliphatic carbocycles. The Balaban J connectivity index is 1.42. The maximum atomic E-state index is 11.6. The average molecular weight is 543 g/mol. The molecule has 1 unspecified atom stereocenters. The third kappa shape index (κ3) is 10.8. The van der Waals surface area contributed by atoms with Gasteiger partial charge in [0.2, 0.25) is 0 Å². The van der Waals surface area contributed by atoms with Crippen molar-refractivity contribution in [1.82, 2.24) is 0 Å². The standard InChI is InChI=1S/C37H50O3/c1-4-6-7-8-9-10-11-12-13-14-15-18-29-39-34-27-25-33(26-28-34)36-20-17-16-19-35(36)32-23-21-31(22-24-32)30(3)40-37(38)5-2/h16-17,19-28,30H,4-15,18,29H2,1-3H3. The molecule has 0 amide bonds. The van der Waals surface area contributed by atoms with Crippen molar-refractivity contribution in [3.05, 3.63) is 78.4 Å². The lowest BCUT2D eigenvalue weighted by Gasteiger charge is -2.15. The van der Waals surface area contributed by atoms with E-state index in [0.717, 1.165) is 29.9 Å². The van der Waals surface area contributed by atoms with Gasteiger partial charge in [-0.15, -0.1) is 0 Å². The summed E-state index contributed by atoms with van der Waals surface area (Å²) in [4.78, 5) is 11.6. The van der Waals surface area contributed by atoms with Crippen molar-refractivity contribution in [2.75, 3.05) is 6.61 Å². The first-order valence-corrected chi connectivity index (χ1v) is 15.7. The van der Waals surface area contributed by atoms with Crippen molar-refractivity contribution >= 4 is 5.97 Å². The molecule has 0 fully saturated rings. The molecule has 0 saturated heterocycles. The Morgan fingerprint density at radius 2 is 1.10 bits per heavy atom. The predicted molar refractivity (Wildman–Crippen MR) is 169 cm³/mol. The average Bonchev–Trinajstić information content (AvgIpc) is 3.00. The van der Waals surface area contributed by atoms with Crippen LogP contribution in [0.1, 0.15) is 116 Å². The van der Waals surface area contributed by atoms with E-state index >= 15 is 0 Å². The number of rotatable bonds is 19. The molecule has 3 nitrogen and oxygen atoms in total. The van der Waals surface area contributed by atoms with Crippen LogP contribution in [-0.4, -0.2) is 12.6 Å². The summed E-state index contributed by atoms with van der Waals surface area (Å²) in [6.45, 7) is 6.79. The number of hydrogen-bond donors (Lipinski definition) is 0. The smallest absolute Gasteiger partial charge is 0.306 e. The van der Waals surface area contributed by atoms with Crippen molar-refractivity contribution in [1.29, 1.82) is 0 Å². The fourth-order valence-corrected chi connectivity index (χ4v) is 5.13. The van der Waals surface area contributed by atoms with Crippen molar-refractivity contribution in [2.45, 2.75) is 110 Å². The predicted octanol–water partition coefficient (Wildman–Crippen LogP) is 11.1.